The van der Waals surface area contributed by atoms with Crippen molar-refractivity contribution in [2.75, 3.05) is 0 Å². The summed E-state index contributed by atoms with van der Waals surface area (Å²) in [6, 6.07) is 19.5. The van der Waals surface area contributed by atoms with Gasteiger partial charge in [-0.05, 0) is 19.4 Å². The molecule has 0 bridgehead atoms. The lowest BCUT2D eigenvalue weighted by molar-refractivity contribution is 0.0945. The molecule has 19 heavy (non-hydrogen) atoms. The maximum absolute atomic E-state index is 12.2. The molecule has 2 nitrogen and oxygen atoms in total. The van der Waals surface area contributed by atoms with Gasteiger partial charge in [0.1, 0.15) is 0 Å². The summed E-state index contributed by atoms with van der Waals surface area (Å²) in [4.78, 5) is 12.2. The molecule has 0 radical (unpaired) electrons. The van der Waals surface area contributed by atoms with E-state index in [4.69, 9.17) is 0 Å². The third-order valence-corrected chi connectivity index (χ3v) is 3.25. The van der Waals surface area contributed by atoms with E-state index in [-0.39, 0.29) is 17.9 Å². The summed E-state index contributed by atoms with van der Waals surface area (Å²) >= 11 is 0. The molecule has 2 atom stereocenters. The van der Waals surface area contributed by atoms with Gasteiger partial charge in [0, 0.05) is 11.6 Å². The lowest BCUT2D eigenvalue weighted by Gasteiger charge is -2.19. The zero-order valence-electron chi connectivity index (χ0n) is 11.3. The first-order valence-corrected chi connectivity index (χ1v) is 6.58. The minimum atomic E-state index is -0.197. The molecule has 0 aromatic heterocycles. The smallest absolute Gasteiger partial charge is 0.179 e. The van der Waals surface area contributed by atoms with Crippen LogP contribution in [-0.2, 0) is 0 Å². The Bertz CT molecular complexity index is 521. The van der Waals surface area contributed by atoms with E-state index in [1.165, 1.54) is 5.56 Å². The number of hydrogen-bond donors (Lipinski definition) is 1. The number of carbonyl (C=O) groups is 1. The Labute approximate surface area is 114 Å². The molecule has 0 fully saturated rings. The van der Waals surface area contributed by atoms with Gasteiger partial charge in [-0.3, -0.25) is 4.79 Å². The Morgan fingerprint density at radius 2 is 1.42 bits per heavy atom. The Balaban J connectivity index is 2.02. The molecule has 0 saturated carbocycles. The van der Waals surface area contributed by atoms with E-state index in [0.717, 1.165) is 5.56 Å². The fourth-order valence-electron chi connectivity index (χ4n) is 2.14. The third-order valence-electron chi connectivity index (χ3n) is 3.25. The topological polar surface area (TPSA) is 29.1 Å². The molecule has 1 N–H and O–H groups in total. The first kappa shape index (κ1) is 13.5. The summed E-state index contributed by atoms with van der Waals surface area (Å²) in [5, 5.41) is 3.34. The lowest BCUT2D eigenvalue weighted by atomic mass is 10.0. The standard InChI is InChI=1S/C17H19NO/c1-13(15-9-5-3-6-10-15)18-14(2)17(19)16-11-7-4-8-12-16/h3-14,18H,1-2H3. The molecule has 98 valence electrons. The molecule has 2 rings (SSSR count). The van der Waals surface area contributed by atoms with Gasteiger partial charge in [0.25, 0.3) is 0 Å². The minimum absolute atomic E-state index is 0.128. The summed E-state index contributed by atoms with van der Waals surface area (Å²) < 4.78 is 0. The number of rotatable bonds is 5. The van der Waals surface area contributed by atoms with Crippen molar-refractivity contribution in [2.24, 2.45) is 0 Å². The summed E-state index contributed by atoms with van der Waals surface area (Å²) in [6.07, 6.45) is 0. The highest BCUT2D eigenvalue weighted by atomic mass is 16.1. The van der Waals surface area contributed by atoms with Gasteiger partial charge >= 0.3 is 0 Å². The summed E-state index contributed by atoms with van der Waals surface area (Å²) in [5.41, 5.74) is 1.94. The van der Waals surface area contributed by atoms with Gasteiger partial charge in [0.2, 0.25) is 0 Å². The first-order valence-electron chi connectivity index (χ1n) is 6.58. The predicted octanol–water partition coefficient (Wildman–Crippen LogP) is 3.61. The van der Waals surface area contributed by atoms with Crippen LogP contribution in [0.4, 0.5) is 0 Å². The first-order chi connectivity index (χ1) is 9.18. The second-order valence-corrected chi connectivity index (χ2v) is 4.75. The molecule has 2 aromatic carbocycles. The van der Waals surface area contributed by atoms with Crippen molar-refractivity contribution < 1.29 is 4.79 Å². The van der Waals surface area contributed by atoms with Crippen LogP contribution in [0.25, 0.3) is 0 Å². The highest BCUT2D eigenvalue weighted by Crippen LogP contribution is 2.13. The molecule has 0 heterocycles. The maximum Gasteiger partial charge on any atom is 0.179 e. The van der Waals surface area contributed by atoms with Gasteiger partial charge in [-0.2, -0.15) is 0 Å². The van der Waals surface area contributed by atoms with Crippen molar-refractivity contribution in [1.82, 2.24) is 5.32 Å². The predicted molar refractivity (Wildman–Crippen MR) is 78.2 cm³/mol. The van der Waals surface area contributed by atoms with Crippen molar-refractivity contribution in [3.63, 3.8) is 0 Å². The van der Waals surface area contributed by atoms with Crippen LogP contribution in [0.1, 0.15) is 35.8 Å². The molecule has 0 aliphatic rings. The molecule has 0 aliphatic heterocycles. The van der Waals surface area contributed by atoms with Crippen LogP contribution in [0.2, 0.25) is 0 Å². The number of hydrogen-bond acceptors (Lipinski definition) is 2. The second-order valence-electron chi connectivity index (χ2n) is 4.75. The molecule has 2 unspecified atom stereocenters. The van der Waals surface area contributed by atoms with Gasteiger partial charge in [-0.1, -0.05) is 60.7 Å². The second kappa shape index (κ2) is 6.30. The van der Waals surface area contributed by atoms with E-state index >= 15 is 0 Å². The third kappa shape index (κ3) is 3.52. The number of carbonyl (C=O) groups excluding carboxylic acids is 1. The zero-order chi connectivity index (χ0) is 13.7. The quantitative estimate of drug-likeness (QED) is 0.825. The number of ketones is 1. The highest BCUT2D eigenvalue weighted by molar-refractivity contribution is 5.99. The van der Waals surface area contributed by atoms with Crippen molar-refractivity contribution in [2.45, 2.75) is 25.9 Å². The molecule has 0 spiro atoms. The Kier molecular flexibility index (Phi) is 4.48. The van der Waals surface area contributed by atoms with Crippen molar-refractivity contribution >= 4 is 5.78 Å². The van der Waals surface area contributed by atoms with Crippen LogP contribution in [0, 0.1) is 0 Å². The summed E-state index contributed by atoms with van der Waals surface area (Å²) in [7, 11) is 0. The van der Waals surface area contributed by atoms with Crippen molar-refractivity contribution in [1.29, 1.82) is 0 Å². The van der Waals surface area contributed by atoms with Crippen LogP contribution in [0.15, 0.2) is 60.7 Å². The zero-order valence-corrected chi connectivity index (χ0v) is 11.3. The normalized spacial score (nSPS) is 13.8. The van der Waals surface area contributed by atoms with Gasteiger partial charge in [-0.25, -0.2) is 0 Å². The summed E-state index contributed by atoms with van der Waals surface area (Å²) in [5.74, 6) is 0.128. The minimum Gasteiger partial charge on any atom is -0.301 e. The fourth-order valence-corrected chi connectivity index (χ4v) is 2.14. The average Bonchev–Trinajstić information content (AvgIpc) is 2.48. The molecule has 0 amide bonds. The average molecular weight is 253 g/mol. The molecule has 2 heteroatoms. The van der Waals surface area contributed by atoms with Crippen LogP contribution in [-0.4, -0.2) is 11.8 Å². The molecular formula is C17H19NO. The lowest BCUT2D eigenvalue weighted by Crippen LogP contribution is -2.35. The number of Topliss-reactive ketones (excluding diaryl/α,β-unsaturated/α-hetero) is 1. The van der Waals surface area contributed by atoms with E-state index in [1.807, 2.05) is 55.5 Å². The SMILES string of the molecule is CC(NC(C)c1ccccc1)C(=O)c1ccccc1. The fraction of sp³-hybridized carbons (Fsp3) is 0.235. The van der Waals surface area contributed by atoms with Crippen LogP contribution >= 0.6 is 0 Å². The summed E-state index contributed by atoms with van der Waals surface area (Å²) in [6.45, 7) is 3.98. The Hall–Kier alpha value is -1.93. The Morgan fingerprint density at radius 1 is 0.895 bits per heavy atom. The molecule has 2 aromatic rings. The van der Waals surface area contributed by atoms with E-state index in [9.17, 15) is 4.79 Å². The molecule has 0 aliphatic carbocycles. The van der Waals surface area contributed by atoms with Crippen LogP contribution < -0.4 is 5.32 Å². The highest BCUT2D eigenvalue weighted by Gasteiger charge is 2.17. The number of nitrogens with one attached hydrogen (secondary N) is 1. The van der Waals surface area contributed by atoms with E-state index in [1.54, 1.807) is 0 Å². The molecular weight excluding hydrogens is 234 g/mol. The van der Waals surface area contributed by atoms with Gasteiger partial charge in [0.15, 0.2) is 5.78 Å². The molecule has 0 saturated heterocycles. The largest absolute Gasteiger partial charge is 0.301 e. The van der Waals surface area contributed by atoms with E-state index in [2.05, 4.69) is 24.4 Å². The maximum atomic E-state index is 12.2. The van der Waals surface area contributed by atoms with Gasteiger partial charge in [-0.15, -0.1) is 0 Å². The van der Waals surface area contributed by atoms with E-state index < -0.39 is 0 Å². The van der Waals surface area contributed by atoms with Gasteiger partial charge < -0.3 is 5.32 Å². The van der Waals surface area contributed by atoms with Crippen LogP contribution in [0.3, 0.4) is 0 Å². The van der Waals surface area contributed by atoms with Crippen molar-refractivity contribution in [3.8, 4) is 0 Å². The van der Waals surface area contributed by atoms with Crippen molar-refractivity contribution in [3.05, 3.63) is 71.8 Å². The van der Waals surface area contributed by atoms with Gasteiger partial charge in [0.05, 0.1) is 6.04 Å². The van der Waals surface area contributed by atoms with E-state index in [0.29, 0.717) is 0 Å². The monoisotopic (exact) mass is 253 g/mol. The number of benzene rings is 2. The Morgan fingerprint density at radius 3 is 2.00 bits per heavy atom. The van der Waals surface area contributed by atoms with Crippen LogP contribution in [0.5, 0.6) is 0 Å².